The van der Waals surface area contributed by atoms with Gasteiger partial charge < -0.3 is 15.2 Å². The predicted molar refractivity (Wildman–Crippen MR) is 70.8 cm³/mol. The summed E-state index contributed by atoms with van der Waals surface area (Å²) in [5.74, 6) is -0.966. The molecule has 0 aromatic heterocycles. The summed E-state index contributed by atoms with van der Waals surface area (Å²) in [5.41, 5.74) is 5.73. The molecule has 1 aromatic rings. The Labute approximate surface area is 116 Å². The maximum atomic E-state index is 11.4. The number of sulfone groups is 1. The van der Waals surface area contributed by atoms with E-state index < -0.39 is 35.0 Å². The minimum atomic E-state index is -3.57. The van der Waals surface area contributed by atoms with Gasteiger partial charge in [0.2, 0.25) is 0 Å². The quantitative estimate of drug-likeness (QED) is 0.844. The van der Waals surface area contributed by atoms with E-state index in [-0.39, 0.29) is 17.1 Å². The third-order valence-corrected chi connectivity index (χ3v) is 2.95. The molecule has 0 saturated heterocycles. The van der Waals surface area contributed by atoms with E-state index in [0.29, 0.717) is 0 Å². The van der Waals surface area contributed by atoms with Gasteiger partial charge in [-0.2, -0.15) is 0 Å². The number of nitrogens with two attached hydrogens (primary N) is 1. The molecule has 0 aliphatic carbocycles. The number of ether oxygens (including phenoxy) is 2. The third-order valence-electron chi connectivity index (χ3n) is 2.11. The third kappa shape index (κ3) is 4.19. The molecule has 1 rings (SSSR count). The van der Waals surface area contributed by atoms with Crippen LogP contribution in [0.2, 0.25) is 0 Å². The molecule has 6 heteroatoms. The zero-order chi connectivity index (χ0) is 19.0. The van der Waals surface area contributed by atoms with Crippen LogP contribution < -0.4 is 15.2 Å². The van der Waals surface area contributed by atoms with E-state index in [1.807, 2.05) is 0 Å². The number of benzene rings is 1. The summed E-state index contributed by atoms with van der Waals surface area (Å²) in [5, 5.41) is 0. The molecule has 5 nitrogen and oxygen atoms in total. The van der Waals surface area contributed by atoms with Gasteiger partial charge in [-0.15, -0.1) is 0 Å². The van der Waals surface area contributed by atoms with Crippen LogP contribution in [0.3, 0.4) is 0 Å². The molecule has 2 N–H and O–H groups in total. The van der Waals surface area contributed by atoms with Crippen molar-refractivity contribution in [1.82, 2.24) is 0 Å². The molecule has 1 aromatic carbocycles. The molecule has 0 saturated carbocycles. The fraction of sp³-hybridized carbons (Fsp3) is 0.500. The minimum Gasteiger partial charge on any atom is -0.493 e. The molecule has 0 fully saturated rings. The molecule has 0 heterocycles. The monoisotopic (exact) mass is 279 g/mol. The number of methoxy groups -OCH3 is 1. The fourth-order valence-corrected chi connectivity index (χ4v) is 2.11. The van der Waals surface area contributed by atoms with Crippen LogP contribution in [0.1, 0.15) is 26.7 Å². The highest BCUT2D eigenvalue weighted by Gasteiger charge is 2.15. The van der Waals surface area contributed by atoms with Crippen LogP contribution in [0.15, 0.2) is 18.2 Å². The zero-order valence-electron chi connectivity index (χ0n) is 16.1. The van der Waals surface area contributed by atoms with Gasteiger partial charge in [0.25, 0.3) is 0 Å². The highest BCUT2D eigenvalue weighted by Crippen LogP contribution is 2.30. The van der Waals surface area contributed by atoms with Crippen molar-refractivity contribution in [2.24, 2.45) is 5.73 Å². The lowest BCUT2D eigenvalue weighted by Crippen LogP contribution is -2.20. The number of rotatable bonds is 6. The normalized spacial score (nSPS) is 21.3. The molecule has 0 spiro atoms. The van der Waals surface area contributed by atoms with Gasteiger partial charge in [0.15, 0.2) is 11.5 Å². The first-order valence-corrected chi connectivity index (χ1v) is 6.99. The Hall–Kier alpha value is -1.27. The van der Waals surface area contributed by atoms with Crippen LogP contribution in [-0.4, -0.2) is 34.1 Å². The topological polar surface area (TPSA) is 78.6 Å². The van der Waals surface area contributed by atoms with E-state index >= 15 is 0 Å². The Bertz CT molecular complexity index is 702. The van der Waals surface area contributed by atoms with Crippen molar-refractivity contribution < 1.29 is 26.1 Å². The maximum absolute atomic E-state index is 11.4. The molecular formula is C12H19NO4S. The molecule has 0 aliphatic heterocycles. The Morgan fingerprint density at radius 3 is 2.83 bits per heavy atom. The first-order chi connectivity index (χ1) is 10.6. The lowest BCUT2D eigenvalue weighted by molar-refractivity contribution is 0.310. The summed E-state index contributed by atoms with van der Waals surface area (Å²) in [7, 11) is -2.30. The van der Waals surface area contributed by atoms with E-state index in [0.717, 1.165) is 12.3 Å². The highest BCUT2D eigenvalue weighted by molar-refractivity contribution is 7.90. The molecule has 0 amide bonds. The van der Waals surface area contributed by atoms with Crippen LogP contribution in [0, 0.1) is 0 Å². The van der Waals surface area contributed by atoms with Crippen molar-refractivity contribution in [1.29, 1.82) is 0 Å². The second kappa shape index (κ2) is 6.06. The van der Waals surface area contributed by atoms with E-state index in [2.05, 4.69) is 0 Å². The van der Waals surface area contributed by atoms with Gasteiger partial charge in [0.1, 0.15) is 9.84 Å². The molecule has 1 unspecified atom stereocenters. The lowest BCUT2D eigenvalue weighted by Gasteiger charge is -2.15. The van der Waals surface area contributed by atoms with Gasteiger partial charge in [0.05, 0.1) is 23.5 Å². The standard InChI is InChI=1S/C12H19NO4S/c1-4-17-12-7-9(5-6-11(12)16-2)10(13)8-18(3,14)15/h5-7,10H,4,8,13H2,1-3H3/i1D3,4D2,10D. The van der Waals surface area contributed by atoms with Crippen LogP contribution in [0.4, 0.5) is 0 Å². The van der Waals surface area contributed by atoms with E-state index in [1.54, 1.807) is 0 Å². The average Bonchev–Trinajstić information content (AvgIpc) is 2.33. The van der Waals surface area contributed by atoms with Crippen molar-refractivity contribution >= 4 is 9.84 Å². The van der Waals surface area contributed by atoms with E-state index in [1.165, 1.54) is 19.2 Å². The Kier molecular flexibility index (Phi) is 2.70. The van der Waals surface area contributed by atoms with Crippen LogP contribution >= 0.6 is 0 Å². The molecule has 0 radical (unpaired) electrons. The van der Waals surface area contributed by atoms with Crippen molar-refractivity contribution in [3.05, 3.63) is 23.8 Å². The fourth-order valence-electron chi connectivity index (χ4n) is 1.38. The molecule has 18 heavy (non-hydrogen) atoms. The van der Waals surface area contributed by atoms with Crippen molar-refractivity contribution in [3.63, 3.8) is 0 Å². The van der Waals surface area contributed by atoms with Crippen LogP contribution in [-0.2, 0) is 9.84 Å². The SMILES string of the molecule is [2H]C(N)(CS(C)(=O)=O)c1ccc(OC)c(OC([2H])([2H])C([2H])([2H])[2H])c1. The Balaban J connectivity index is 3.32. The molecule has 1 atom stereocenters. The maximum Gasteiger partial charge on any atom is 0.161 e. The van der Waals surface area contributed by atoms with Gasteiger partial charge in [-0.05, 0) is 24.5 Å². The summed E-state index contributed by atoms with van der Waals surface area (Å²) < 4.78 is 77.2. The second-order valence-corrected chi connectivity index (χ2v) is 5.81. The summed E-state index contributed by atoms with van der Waals surface area (Å²) in [4.78, 5) is 0. The first kappa shape index (κ1) is 8.01. The molecule has 0 aliphatic rings. The smallest absolute Gasteiger partial charge is 0.161 e. The van der Waals surface area contributed by atoms with Crippen molar-refractivity contribution in [2.75, 3.05) is 25.7 Å². The molecular weight excluding hydrogens is 254 g/mol. The first-order valence-electron chi connectivity index (χ1n) is 7.93. The highest BCUT2D eigenvalue weighted by atomic mass is 32.2. The van der Waals surface area contributed by atoms with Crippen molar-refractivity contribution in [3.8, 4) is 11.5 Å². The van der Waals surface area contributed by atoms with Gasteiger partial charge in [0, 0.05) is 16.4 Å². The Morgan fingerprint density at radius 1 is 1.56 bits per heavy atom. The molecule has 0 bridgehead atoms. The van der Waals surface area contributed by atoms with Crippen LogP contribution in [0.5, 0.6) is 11.5 Å². The molecule has 102 valence electrons. The number of hydrogen-bond donors (Lipinski definition) is 1. The van der Waals surface area contributed by atoms with E-state index in [4.69, 9.17) is 23.4 Å². The van der Waals surface area contributed by atoms with Crippen LogP contribution in [0.25, 0.3) is 0 Å². The van der Waals surface area contributed by atoms with Gasteiger partial charge in [-0.3, -0.25) is 0 Å². The lowest BCUT2D eigenvalue weighted by atomic mass is 10.1. The zero-order valence-corrected chi connectivity index (χ0v) is 10.9. The van der Waals surface area contributed by atoms with Gasteiger partial charge >= 0.3 is 0 Å². The summed E-state index contributed by atoms with van der Waals surface area (Å²) in [6, 6.07) is 1.69. The second-order valence-electron chi connectivity index (χ2n) is 3.67. The predicted octanol–water partition coefficient (Wildman–Crippen LogP) is 1.14. The summed E-state index contributed by atoms with van der Waals surface area (Å²) in [6.45, 7) is -6.09. The van der Waals surface area contributed by atoms with Gasteiger partial charge in [-0.1, -0.05) is 6.07 Å². The number of hydrogen-bond acceptors (Lipinski definition) is 5. The van der Waals surface area contributed by atoms with E-state index in [9.17, 15) is 8.42 Å². The summed E-state index contributed by atoms with van der Waals surface area (Å²) >= 11 is 0. The Morgan fingerprint density at radius 2 is 2.28 bits per heavy atom. The van der Waals surface area contributed by atoms with Gasteiger partial charge in [-0.25, -0.2) is 8.42 Å². The van der Waals surface area contributed by atoms with Crippen molar-refractivity contribution in [2.45, 2.75) is 12.9 Å². The summed E-state index contributed by atoms with van der Waals surface area (Å²) in [6.07, 6.45) is 0.928. The minimum absolute atomic E-state index is 0.00469. The largest absolute Gasteiger partial charge is 0.493 e. The average molecular weight is 279 g/mol.